The maximum Gasteiger partial charge on any atom is 0.330 e. The molecule has 0 radical (unpaired) electrons. The van der Waals surface area contributed by atoms with Crippen molar-refractivity contribution in [2.24, 2.45) is 11.8 Å². The summed E-state index contributed by atoms with van der Waals surface area (Å²) in [5.74, 6) is 1.24. The van der Waals surface area contributed by atoms with E-state index in [0.29, 0.717) is 5.92 Å². The second kappa shape index (κ2) is 3.41. The van der Waals surface area contributed by atoms with Crippen LogP contribution in [0.3, 0.4) is 0 Å². The maximum atomic E-state index is 11.4. The van der Waals surface area contributed by atoms with Crippen LogP contribution in [0.5, 0.6) is 0 Å². The van der Waals surface area contributed by atoms with E-state index in [4.69, 9.17) is 4.74 Å². The summed E-state index contributed by atoms with van der Waals surface area (Å²) >= 11 is 0. The Morgan fingerprint density at radius 3 is 2.79 bits per heavy atom. The fraction of sp³-hybridized carbons (Fsp3) is 0.750. The topological polar surface area (TPSA) is 26.3 Å². The fourth-order valence-electron chi connectivity index (χ4n) is 3.08. The van der Waals surface area contributed by atoms with E-state index in [9.17, 15) is 4.79 Å². The van der Waals surface area contributed by atoms with Crippen molar-refractivity contribution in [3.8, 4) is 0 Å². The first-order valence-corrected chi connectivity index (χ1v) is 5.50. The van der Waals surface area contributed by atoms with Gasteiger partial charge in [-0.25, -0.2) is 4.79 Å². The summed E-state index contributed by atoms with van der Waals surface area (Å²) < 4.78 is 5.55. The number of carbonyl (C=O) groups excluding carboxylic acids is 1. The number of ether oxygens (including phenoxy) is 1. The van der Waals surface area contributed by atoms with Crippen molar-refractivity contribution in [1.29, 1.82) is 0 Å². The van der Waals surface area contributed by atoms with Crippen LogP contribution in [0.15, 0.2) is 12.2 Å². The Bertz CT molecular complexity index is 269. The van der Waals surface area contributed by atoms with Gasteiger partial charge in [-0.1, -0.05) is 6.08 Å². The third-order valence-electron chi connectivity index (χ3n) is 3.74. The summed E-state index contributed by atoms with van der Waals surface area (Å²) in [5, 5.41) is 0. The van der Waals surface area contributed by atoms with Gasteiger partial charge in [0.15, 0.2) is 0 Å². The zero-order valence-electron chi connectivity index (χ0n) is 8.95. The Kier molecular flexibility index (Phi) is 2.38. The lowest BCUT2D eigenvalue weighted by molar-refractivity contribution is -0.157. The Labute approximate surface area is 85.3 Å². The van der Waals surface area contributed by atoms with E-state index < -0.39 is 0 Å². The molecular weight excluding hydrogens is 176 g/mol. The lowest BCUT2D eigenvalue weighted by atomic mass is 9.86. The first-order valence-electron chi connectivity index (χ1n) is 5.50. The average molecular weight is 194 g/mol. The number of hydrogen-bond donors (Lipinski definition) is 0. The number of hydrogen-bond acceptors (Lipinski definition) is 2. The summed E-state index contributed by atoms with van der Waals surface area (Å²) in [4.78, 5) is 11.4. The maximum absolute atomic E-state index is 11.4. The molecule has 0 amide bonds. The van der Waals surface area contributed by atoms with Gasteiger partial charge in [0.25, 0.3) is 0 Å². The third-order valence-corrected chi connectivity index (χ3v) is 3.74. The summed E-state index contributed by atoms with van der Waals surface area (Å²) in [7, 11) is 0. The highest BCUT2D eigenvalue weighted by atomic mass is 16.6. The molecule has 3 atom stereocenters. The molecule has 0 aromatic heterocycles. The van der Waals surface area contributed by atoms with Crippen molar-refractivity contribution >= 4 is 5.97 Å². The van der Waals surface area contributed by atoms with E-state index >= 15 is 0 Å². The largest absolute Gasteiger partial charge is 0.456 e. The monoisotopic (exact) mass is 194 g/mol. The van der Waals surface area contributed by atoms with Gasteiger partial charge in [0.05, 0.1) is 0 Å². The highest BCUT2D eigenvalue weighted by Gasteiger charge is 2.50. The molecule has 2 aliphatic rings. The van der Waals surface area contributed by atoms with Crippen molar-refractivity contribution < 1.29 is 9.53 Å². The Balaban J connectivity index is 2.00. The predicted molar refractivity (Wildman–Crippen MR) is 54.8 cm³/mol. The van der Waals surface area contributed by atoms with Crippen molar-refractivity contribution in [3.63, 3.8) is 0 Å². The van der Waals surface area contributed by atoms with E-state index in [-0.39, 0.29) is 11.6 Å². The molecule has 78 valence electrons. The van der Waals surface area contributed by atoms with Crippen LogP contribution >= 0.6 is 0 Å². The number of fused-ring (bicyclic) bond motifs is 2. The van der Waals surface area contributed by atoms with Gasteiger partial charge in [-0.3, -0.25) is 0 Å². The van der Waals surface area contributed by atoms with Crippen molar-refractivity contribution in [1.82, 2.24) is 0 Å². The van der Waals surface area contributed by atoms with Crippen molar-refractivity contribution in [3.05, 3.63) is 12.2 Å². The molecule has 2 saturated carbocycles. The SMILES string of the molecule is C/C=C/C(=O)OC1(C)CC2CCC1C2. The third kappa shape index (κ3) is 1.58. The van der Waals surface area contributed by atoms with Crippen LogP contribution in [-0.4, -0.2) is 11.6 Å². The van der Waals surface area contributed by atoms with Gasteiger partial charge in [-0.15, -0.1) is 0 Å². The van der Waals surface area contributed by atoms with E-state index in [1.165, 1.54) is 25.3 Å². The highest BCUT2D eigenvalue weighted by Crippen LogP contribution is 2.52. The summed E-state index contributed by atoms with van der Waals surface area (Å²) in [5.41, 5.74) is -0.167. The normalized spacial score (nSPS) is 40.7. The minimum Gasteiger partial charge on any atom is -0.456 e. The Morgan fingerprint density at radius 1 is 1.50 bits per heavy atom. The minimum absolute atomic E-state index is 0.167. The van der Waals surface area contributed by atoms with Crippen LogP contribution in [0.4, 0.5) is 0 Å². The molecule has 0 N–H and O–H groups in total. The van der Waals surface area contributed by atoms with Crippen molar-refractivity contribution in [2.45, 2.75) is 45.1 Å². The van der Waals surface area contributed by atoms with E-state index in [2.05, 4.69) is 6.92 Å². The summed E-state index contributed by atoms with van der Waals surface area (Å²) in [6.45, 7) is 3.93. The molecule has 2 aliphatic carbocycles. The second-order valence-corrected chi connectivity index (χ2v) is 4.81. The van der Waals surface area contributed by atoms with Crippen LogP contribution in [0.25, 0.3) is 0 Å². The predicted octanol–water partition coefficient (Wildman–Crippen LogP) is 2.68. The van der Waals surface area contributed by atoms with Gasteiger partial charge in [0.2, 0.25) is 0 Å². The Hall–Kier alpha value is -0.790. The smallest absolute Gasteiger partial charge is 0.330 e. The summed E-state index contributed by atoms with van der Waals surface area (Å²) in [6, 6.07) is 0. The van der Waals surface area contributed by atoms with Crippen LogP contribution < -0.4 is 0 Å². The molecule has 3 unspecified atom stereocenters. The fourth-order valence-corrected chi connectivity index (χ4v) is 3.08. The lowest BCUT2D eigenvalue weighted by Gasteiger charge is -2.33. The van der Waals surface area contributed by atoms with Gasteiger partial charge >= 0.3 is 5.97 Å². The second-order valence-electron chi connectivity index (χ2n) is 4.81. The molecule has 0 aromatic carbocycles. The van der Waals surface area contributed by atoms with E-state index in [1.807, 2.05) is 6.92 Å². The molecule has 2 heteroatoms. The van der Waals surface area contributed by atoms with Gasteiger partial charge in [-0.05, 0) is 51.4 Å². The molecule has 0 heterocycles. The molecular formula is C12H18O2. The average Bonchev–Trinajstić information content (AvgIpc) is 2.62. The number of allylic oxidation sites excluding steroid dienone is 1. The molecule has 2 bridgehead atoms. The number of rotatable bonds is 2. The zero-order valence-corrected chi connectivity index (χ0v) is 8.95. The van der Waals surface area contributed by atoms with Gasteiger partial charge < -0.3 is 4.74 Å². The molecule has 0 aromatic rings. The van der Waals surface area contributed by atoms with Crippen LogP contribution in [0.2, 0.25) is 0 Å². The molecule has 2 nitrogen and oxygen atoms in total. The molecule has 0 saturated heterocycles. The zero-order chi connectivity index (χ0) is 10.2. The lowest BCUT2D eigenvalue weighted by Crippen LogP contribution is -2.36. The standard InChI is InChI=1S/C12H18O2/c1-3-4-11(13)14-12(2)8-9-5-6-10(12)7-9/h3-4,9-10H,5-8H2,1-2H3/b4-3+. The van der Waals surface area contributed by atoms with Crippen LogP contribution in [0, 0.1) is 11.8 Å². The van der Waals surface area contributed by atoms with E-state index in [1.54, 1.807) is 6.08 Å². The van der Waals surface area contributed by atoms with E-state index in [0.717, 1.165) is 12.3 Å². The van der Waals surface area contributed by atoms with Crippen LogP contribution in [0.1, 0.15) is 39.5 Å². The number of carbonyl (C=O) groups is 1. The molecule has 0 aliphatic heterocycles. The van der Waals surface area contributed by atoms with Crippen LogP contribution in [-0.2, 0) is 9.53 Å². The molecule has 0 spiro atoms. The highest BCUT2D eigenvalue weighted by molar-refractivity contribution is 5.82. The Morgan fingerprint density at radius 2 is 2.29 bits per heavy atom. The summed E-state index contributed by atoms with van der Waals surface area (Å²) in [6.07, 6.45) is 8.16. The van der Waals surface area contributed by atoms with Gasteiger partial charge in [0.1, 0.15) is 5.60 Å². The van der Waals surface area contributed by atoms with Gasteiger partial charge in [0, 0.05) is 6.08 Å². The molecule has 2 fully saturated rings. The quantitative estimate of drug-likeness (QED) is 0.499. The molecule has 14 heavy (non-hydrogen) atoms. The number of esters is 1. The molecule has 2 rings (SSSR count). The van der Waals surface area contributed by atoms with Crippen molar-refractivity contribution in [2.75, 3.05) is 0 Å². The first kappa shape index (κ1) is 9.75. The first-order chi connectivity index (χ1) is 6.64. The minimum atomic E-state index is -0.178. The van der Waals surface area contributed by atoms with Gasteiger partial charge in [-0.2, -0.15) is 0 Å².